The number of hydrogen-bond acceptors (Lipinski definition) is 5. The monoisotopic (exact) mass is 240 g/mol. The van der Waals surface area contributed by atoms with Crippen molar-refractivity contribution < 1.29 is 12.6 Å². The fraction of sp³-hybridized carbons (Fsp3) is 0.300. The number of hydrogen-bond donors (Lipinski definition) is 1. The van der Waals surface area contributed by atoms with Gasteiger partial charge in [-0.15, -0.1) is 0 Å². The van der Waals surface area contributed by atoms with E-state index in [9.17, 15) is 8.42 Å². The molecular formula is C10H12N2O3S. The van der Waals surface area contributed by atoms with Crippen molar-refractivity contribution in [1.29, 1.82) is 5.26 Å². The molecule has 0 spiro atoms. The molecule has 0 bridgehead atoms. The first-order chi connectivity index (χ1) is 7.45. The zero-order valence-electron chi connectivity index (χ0n) is 8.75. The fourth-order valence-electron chi connectivity index (χ4n) is 0.973. The van der Waals surface area contributed by atoms with Crippen LogP contribution in [0.2, 0.25) is 0 Å². The van der Waals surface area contributed by atoms with E-state index in [-0.39, 0.29) is 11.5 Å². The summed E-state index contributed by atoms with van der Waals surface area (Å²) in [5, 5.41) is 8.39. The van der Waals surface area contributed by atoms with E-state index in [1.54, 1.807) is 18.2 Å². The van der Waals surface area contributed by atoms with E-state index in [4.69, 9.17) is 11.0 Å². The van der Waals surface area contributed by atoms with Crippen LogP contribution in [0.3, 0.4) is 0 Å². The van der Waals surface area contributed by atoms with Crippen molar-refractivity contribution in [2.45, 2.75) is 17.9 Å². The van der Waals surface area contributed by atoms with Gasteiger partial charge < -0.3 is 5.73 Å². The van der Waals surface area contributed by atoms with Crippen LogP contribution in [0.4, 0.5) is 0 Å². The van der Waals surface area contributed by atoms with E-state index in [0.717, 1.165) is 5.56 Å². The van der Waals surface area contributed by atoms with Gasteiger partial charge in [0.1, 0.15) is 6.04 Å². The molecule has 0 saturated heterocycles. The molecule has 0 fully saturated rings. The SMILES string of the molecule is Cc1ccc(S(=O)(=O)OC[C@H](N)C#N)cc1. The Bertz CT molecular complexity index is 488. The summed E-state index contributed by atoms with van der Waals surface area (Å²) in [5.41, 5.74) is 6.18. The predicted octanol–water partition coefficient (Wildman–Crippen LogP) is 0.551. The van der Waals surface area contributed by atoms with Gasteiger partial charge in [0.15, 0.2) is 0 Å². The molecule has 0 saturated carbocycles. The van der Waals surface area contributed by atoms with Crippen LogP contribution >= 0.6 is 0 Å². The first-order valence-corrected chi connectivity index (χ1v) is 5.98. The summed E-state index contributed by atoms with van der Waals surface area (Å²) >= 11 is 0. The lowest BCUT2D eigenvalue weighted by molar-refractivity contribution is 0.310. The Kier molecular flexibility index (Phi) is 4.01. The third kappa shape index (κ3) is 3.31. The Morgan fingerprint density at radius 3 is 2.50 bits per heavy atom. The Balaban J connectivity index is 2.79. The lowest BCUT2D eigenvalue weighted by Gasteiger charge is -2.06. The Morgan fingerprint density at radius 2 is 2.00 bits per heavy atom. The minimum Gasteiger partial charge on any atom is -0.314 e. The van der Waals surface area contributed by atoms with Gasteiger partial charge in [-0.3, -0.25) is 4.18 Å². The Hall–Kier alpha value is -1.42. The van der Waals surface area contributed by atoms with Gasteiger partial charge in [0.25, 0.3) is 10.1 Å². The smallest absolute Gasteiger partial charge is 0.297 e. The molecule has 0 unspecified atom stereocenters. The fourth-order valence-corrected chi connectivity index (χ4v) is 1.90. The van der Waals surface area contributed by atoms with Crippen LogP contribution in [0.15, 0.2) is 29.2 Å². The van der Waals surface area contributed by atoms with Gasteiger partial charge >= 0.3 is 0 Å². The molecule has 0 aliphatic rings. The summed E-state index contributed by atoms with van der Waals surface area (Å²) < 4.78 is 27.8. The summed E-state index contributed by atoms with van der Waals surface area (Å²) in [7, 11) is -3.81. The molecule has 16 heavy (non-hydrogen) atoms. The molecule has 1 aromatic carbocycles. The minimum atomic E-state index is -3.81. The summed E-state index contributed by atoms with van der Waals surface area (Å²) in [6, 6.07) is 6.97. The third-order valence-electron chi connectivity index (χ3n) is 1.88. The van der Waals surface area contributed by atoms with E-state index in [1.165, 1.54) is 12.1 Å². The number of nitrogens with two attached hydrogens (primary N) is 1. The van der Waals surface area contributed by atoms with Crippen molar-refractivity contribution in [3.8, 4) is 6.07 Å². The number of rotatable bonds is 4. The van der Waals surface area contributed by atoms with Crippen molar-refractivity contribution in [2.24, 2.45) is 5.73 Å². The number of nitriles is 1. The highest BCUT2D eigenvalue weighted by atomic mass is 32.2. The largest absolute Gasteiger partial charge is 0.314 e. The maximum absolute atomic E-state index is 11.6. The van der Waals surface area contributed by atoms with Crippen LogP contribution in [-0.2, 0) is 14.3 Å². The van der Waals surface area contributed by atoms with Crippen LogP contribution < -0.4 is 5.73 Å². The Labute approximate surface area is 94.6 Å². The van der Waals surface area contributed by atoms with Crippen LogP contribution in [0, 0.1) is 18.3 Å². The second-order valence-corrected chi connectivity index (χ2v) is 4.90. The van der Waals surface area contributed by atoms with Gasteiger partial charge in [0.2, 0.25) is 0 Å². The first-order valence-electron chi connectivity index (χ1n) is 4.57. The molecule has 0 radical (unpaired) electrons. The predicted molar refractivity (Wildman–Crippen MR) is 57.9 cm³/mol. The van der Waals surface area contributed by atoms with Crippen LogP contribution in [0.5, 0.6) is 0 Å². The molecule has 6 heteroatoms. The summed E-state index contributed by atoms with van der Waals surface area (Å²) in [4.78, 5) is 0.0586. The lowest BCUT2D eigenvalue weighted by atomic mass is 10.2. The zero-order valence-corrected chi connectivity index (χ0v) is 9.57. The molecular weight excluding hydrogens is 228 g/mol. The average Bonchev–Trinajstić information content (AvgIpc) is 2.26. The van der Waals surface area contributed by atoms with Crippen molar-refractivity contribution in [3.05, 3.63) is 29.8 Å². The van der Waals surface area contributed by atoms with E-state index in [1.807, 2.05) is 6.92 Å². The maximum atomic E-state index is 11.6. The van der Waals surface area contributed by atoms with Gasteiger partial charge in [-0.25, -0.2) is 0 Å². The topological polar surface area (TPSA) is 93.2 Å². The van der Waals surface area contributed by atoms with Crippen molar-refractivity contribution in [3.63, 3.8) is 0 Å². The molecule has 86 valence electrons. The molecule has 0 aliphatic heterocycles. The lowest BCUT2D eigenvalue weighted by Crippen LogP contribution is -2.25. The van der Waals surface area contributed by atoms with E-state index >= 15 is 0 Å². The van der Waals surface area contributed by atoms with Crippen LogP contribution in [0.25, 0.3) is 0 Å². The van der Waals surface area contributed by atoms with E-state index < -0.39 is 16.2 Å². The molecule has 0 heterocycles. The van der Waals surface area contributed by atoms with Crippen molar-refractivity contribution >= 4 is 10.1 Å². The summed E-state index contributed by atoms with van der Waals surface area (Å²) in [6.45, 7) is 1.51. The molecule has 0 amide bonds. The van der Waals surface area contributed by atoms with Gasteiger partial charge in [-0.1, -0.05) is 17.7 Å². The molecule has 5 nitrogen and oxygen atoms in total. The van der Waals surface area contributed by atoms with Crippen molar-refractivity contribution in [2.75, 3.05) is 6.61 Å². The molecule has 1 rings (SSSR count). The highest BCUT2D eigenvalue weighted by Crippen LogP contribution is 2.13. The first kappa shape index (κ1) is 12.6. The van der Waals surface area contributed by atoms with E-state index in [2.05, 4.69) is 4.18 Å². The van der Waals surface area contributed by atoms with Gasteiger partial charge in [0, 0.05) is 0 Å². The number of benzene rings is 1. The van der Waals surface area contributed by atoms with Gasteiger partial charge in [0.05, 0.1) is 17.6 Å². The zero-order chi connectivity index (χ0) is 12.2. The second kappa shape index (κ2) is 5.07. The molecule has 1 aromatic rings. The maximum Gasteiger partial charge on any atom is 0.297 e. The minimum absolute atomic E-state index is 0.0586. The Morgan fingerprint density at radius 1 is 1.44 bits per heavy atom. The number of aryl methyl sites for hydroxylation is 1. The highest BCUT2D eigenvalue weighted by Gasteiger charge is 2.16. The van der Waals surface area contributed by atoms with Gasteiger partial charge in [-0.2, -0.15) is 13.7 Å². The van der Waals surface area contributed by atoms with E-state index in [0.29, 0.717) is 0 Å². The molecule has 1 atom stereocenters. The summed E-state index contributed by atoms with van der Waals surface area (Å²) in [6.07, 6.45) is 0. The standard InChI is InChI=1S/C10H12N2O3S/c1-8-2-4-10(5-3-8)16(13,14)15-7-9(12)6-11/h2-5,9H,7,12H2,1H3/t9-/m1/s1. The molecule has 0 aliphatic carbocycles. The average molecular weight is 240 g/mol. The third-order valence-corrected chi connectivity index (χ3v) is 3.17. The normalized spacial score (nSPS) is 13.1. The van der Waals surface area contributed by atoms with Crippen LogP contribution in [-0.4, -0.2) is 21.1 Å². The van der Waals surface area contributed by atoms with Crippen molar-refractivity contribution in [1.82, 2.24) is 0 Å². The molecule has 0 aromatic heterocycles. The highest BCUT2D eigenvalue weighted by molar-refractivity contribution is 7.86. The second-order valence-electron chi connectivity index (χ2n) is 3.29. The van der Waals surface area contributed by atoms with Crippen LogP contribution in [0.1, 0.15) is 5.56 Å². The summed E-state index contributed by atoms with van der Waals surface area (Å²) in [5.74, 6) is 0. The number of nitrogens with zero attached hydrogens (tertiary/aromatic N) is 1. The molecule has 2 N–H and O–H groups in total. The quantitative estimate of drug-likeness (QED) is 0.776. The van der Waals surface area contributed by atoms with Gasteiger partial charge in [-0.05, 0) is 19.1 Å².